The van der Waals surface area contributed by atoms with E-state index in [-0.39, 0.29) is 31.8 Å². The van der Waals surface area contributed by atoms with Gasteiger partial charge in [-0.2, -0.15) is 0 Å². The Morgan fingerprint density at radius 3 is 1.76 bits per heavy atom. The summed E-state index contributed by atoms with van der Waals surface area (Å²) in [5.41, 5.74) is 21.6. The topological polar surface area (TPSA) is 278 Å². The van der Waals surface area contributed by atoms with E-state index in [0.717, 1.165) is 0 Å². The summed E-state index contributed by atoms with van der Waals surface area (Å²) < 4.78 is 0. The first kappa shape index (κ1) is 30.5. The average molecular weight is 489 g/mol. The Morgan fingerprint density at radius 1 is 0.824 bits per heavy atom. The van der Waals surface area contributed by atoms with E-state index in [2.05, 4.69) is 20.9 Å². The van der Waals surface area contributed by atoms with Crippen molar-refractivity contribution in [1.29, 1.82) is 0 Å². The van der Waals surface area contributed by atoms with Crippen molar-refractivity contribution in [3.8, 4) is 0 Å². The van der Waals surface area contributed by atoms with Crippen LogP contribution in [0.5, 0.6) is 0 Å². The quantitative estimate of drug-likeness (QED) is 0.0550. The Labute approximate surface area is 197 Å². The van der Waals surface area contributed by atoms with Crippen LogP contribution >= 0.6 is 0 Å². The van der Waals surface area contributed by atoms with E-state index >= 15 is 0 Å². The fourth-order valence-corrected chi connectivity index (χ4v) is 2.76. The molecule has 0 aliphatic carbocycles. The minimum Gasteiger partial charge on any atom is -0.481 e. The maximum Gasteiger partial charge on any atom is 0.326 e. The van der Waals surface area contributed by atoms with Crippen molar-refractivity contribution in [3.63, 3.8) is 0 Å². The largest absolute Gasteiger partial charge is 0.481 e. The van der Waals surface area contributed by atoms with E-state index in [1.165, 1.54) is 6.92 Å². The third kappa shape index (κ3) is 13.2. The van der Waals surface area contributed by atoms with E-state index in [4.69, 9.17) is 28.0 Å². The lowest BCUT2D eigenvalue weighted by Crippen LogP contribution is -2.57. The number of carboxylic acid groups (broad SMARTS) is 2. The predicted octanol–water partition coefficient (Wildman–Crippen LogP) is -3.47. The first-order valence-corrected chi connectivity index (χ1v) is 10.8. The lowest BCUT2D eigenvalue weighted by atomic mass is 10.1. The Bertz CT molecular complexity index is 740. The van der Waals surface area contributed by atoms with Gasteiger partial charge in [0.2, 0.25) is 17.7 Å². The van der Waals surface area contributed by atoms with Crippen molar-refractivity contribution in [2.24, 2.45) is 27.9 Å². The maximum atomic E-state index is 12.9. The molecule has 0 aliphatic rings. The number of aliphatic carboxylic acids is 2. The molecule has 0 aromatic heterocycles. The zero-order valence-electron chi connectivity index (χ0n) is 19.2. The molecule has 34 heavy (non-hydrogen) atoms. The van der Waals surface area contributed by atoms with Gasteiger partial charge in [0.1, 0.15) is 18.1 Å². The lowest BCUT2D eigenvalue weighted by Gasteiger charge is -2.24. The van der Waals surface area contributed by atoms with Crippen LogP contribution in [0, 0.1) is 0 Å². The molecule has 0 rings (SSSR count). The number of nitrogens with two attached hydrogens (primary N) is 4. The van der Waals surface area contributed by atoms with E-state index in [1.54, 1.807) is 0 Å². The van der Waals surface area contributed by atoms with E-state index < -0.39 is 60.2 Å². The molecule has 0 aliphatic heterocycles. The van der Waals surface area contributed by atoms with Gasteiger partial charge >= 0.3 is 11.9 Å². The number of amides is 3. The Hall–Kier alpha value is -3.46. The van der Waals surface area contributed by atoms with E-state index in [0.29, 0.717) is 19.4 Å². The monoisotopic (exact) mass is 488 g/mol. The van der Waals surface area contributed by atoms with Crippen LogP contribution in [-0.2, 0) is 24.0 Å². The summed E-state index contributed by atoms with van der Waals surface area (Å²) in [4.78, 5) is 63.6. The smallest absolute Gasteiger partial charge is 0.326 e. The molecule has 0 aromatic carbocycles. The normalized spacial score (nSPS) is 14.1. The second kappa shape index (κ2) is 16.2. The summed E-state index contributed by atoms with van der Waals surface area (Å²) in [6.45, 7) is 1.95. The number of carbonyl (C=O) groups excluding carboxylic acids is 3. The van der Waals surface area contributed by atoms with E-state index in [9.17, 15) is 29.1 Å². The third-order valence-corrected chi connectivity index (χ3v) is 4.57. The van der Waals surface area contributed by atoms with Gasteiger partial charge in [-0.05, 0) is 45.6 Å². The van der Waals surface area contributed by atoms with Gasteiger partial charge in [-0.15, -0.1) is 0 Å². The molecule has 0 saturated carbocycles. The molecule has 0 fully saturated rings. The highest BCUT2D eigenvalue weighted by atomic mass is 16.4. The van der Waals surface area contributed by atoms with Crippen LogP contribution in [0.15, 0.2) is 4.99 Å². The molecule has 0 saturated heterocycles. The Balaban J connectivity index is 5.55. The van der Waals surface area contributed by atoms with Crippen LogP contribution in [0.3, 0.4) is 0 Å². The van der Waals surface area contributed by atoms with Gasteiger partial charge in [-0.1, -0.05) is 0 Å². The molecule has 0 spiro atoms. The number of carboxylic acids is 2. The number of nitrogens with zero attached hydrogens (tertiary/aromatic N) is 1. The van der Waals surface area contributed by atoms with Gasteiger partial charge in [0.25, 0.3) is 0 Å². The number of aliphatic imine (C=N–C) groups is 1. The maximum absolute atomic E-state index is 12.9. The SMILES string of the molecule is CC(N)C(=O)NC(CCCCN)C(=O)NC(CCCN=C(N)N)C(=O)NC(CC(=O)O)C(=O)O. The Kier molecular flexibility index (Phi) is 14.6. The predicted molar refractivity (Wildman–Crippen MR) is 122 cm³/mol. The molecule has 0 aromatic rings. The fraction of sp³-hybridized carbons (Fsp3) is 0.684. The number of nitrogens with one attached hydrogen (secondary N) is 3. The van der Waals surface area contributed by atoms with Crippen molar-refractivity contribution in [1.82, 2.24) is 16.0 Å². The van der Waals surface area contributed by atoms with Gasteiger partial charge in [-0.3, -0.25) is 24.2 Å². The molecule has 3 amide bonds. The molecule has 15 nitrogen and oxygen atoms in total. The zero-order valence-corrected chi connectivity index (χ0v) is 19.2. The lowest BCUT2D eigenvalue weighted by molar-refractivity contribution is -0.147. The molecular weight excluding hydrogens is 452 g/mol. The molecule has 15 heteroatoms. The van der Waals surface area contributed by atoms with Crippen LogP contribution in [0.1, 0.15) is 45.4 Å². The zero-order chi connectivity index (χ0) is 26.3. The third-order valence-electron chi connectivity index (χ3n) is 4.57. The number of guanidine groups is 1. The molecule has 13 N–H and O–H groups in total. The van der Waals surface area contributed by atoms with Crippen LogP contribution in [0.4, 0.5) is 0 Å². The van der Waals surface area contributed by atoms with Crippen LogP contribution in [-0.4, -0.2) is 83.1 Å². The fourth-order valence-electron chi connectivity index (χ4n) is 2.76. The molecular formula is C19H36N8O7. The van der Waals surface area contributed by atoms with Crippen molar-refractivity contribution in [3.05, 3.63) is 0 Å². The molecule has 4 atom stereocenters. The van der Waals surface area contributed by atoms with Gasteiger partial charge in [0.15, 0.2) is 5.96 Å². The van der Waals surface area contributed by atoms with Crippen molar-refractivity contribution in [2.45, 2.75) is 69.6 Å². The Morgan fingerprint density at radius 2 is 1.32 bits per heavy atom. The van der Waals surface area contributed by atoms with Crippen LogP contribution in [0.25, 0.3) is 0 Å². The summed E-state index contributed by atoms with van der Waals surface area (Å²) >= 11 is 0. The van der Waals surface area contributed by atoms with Gasteiger partial charge in [0.05, 0.1) is 12.5 Å². The van der Waals surface area contributed by atoms with Gasteiger partial charge in [-0.25, -0.2) is 4.79 Å². The first-order chi connectivity index (χ1) is 15.9. The van der Waals surface area contributed by atoms with Crippen LogP contribution < -0.4 is 38.9 Å². The van der Waals surface area contributed by atoms with Crippen molar-refractivity contribution in [2.75, 3.05) is 13.1 Å². The number of hydrogen-bond acceptors (Lipinski definition) is 8. The van der Waals surface area contributed by atoms with Crippen molar-refractivity contribution >= 4 is 35.6 Å². The molecule has 0 bridgehead atoms. The standard InChI is InChI=1S/C19H36N8O7/c1-10(21)15(30)25-11(5-2-3-7-20)16(31)26-12(6-4-8-24-19(22)23)17(32)27-13(18(33)34)9-14(28)29/h10-13H,2-9,20-21H2,1H3,(H,25,30)(H,26,31)(H,27,32)(H,28,29)(H,33,34)(H4,22,23,24). The number of rotatable bonds is 17. The average Bonchev–Trinajstić information content (AvgIpc) is 2.73. The minimum atomic E-state index is -1.71. The second-order valence-electron chi connectivity index (χ2n) is 7.64. The van der Waals surface area contributed by atoms with Crippen LogP contribution in [0.2, 0.25) is 0 Å². The highest BCUT2D eigenvalue weighted by Gasteiger charge is 2.30. The molecule has 0 heterocycles. The highest BCUT2D eigenvalue weighted by molar-refractivity contribution is 5.94. The molecule has 4 unspecified atom stereocenters. The molecule has 0 radical (unpaired) electrons. The summed E-state index contributed by atoms with van der Waals surface area (Å²) in [5.74, 6) is -5.33. The summed E-state index contributed by atoms with van der Waals surface area (Å²) in [7, 11) is 0. The van der Waals surface area contributed by atoms with Gasteiger partial charge in [0, 0.05) is 6.54 Å². The minimum absolute atomic E-state index is 0.00449. The summed E-state index contributed by atoms with van der Waals surface area (Å²) in [6, 6.07) is -4.86. The van der Waals surface area contributed by atoms with Gasteiger partial charge < -0.3 is 49.1 Å². The second-order valence-corrected chi connectivity index (χ2v) is 7.64. The number of carbonyl (C=O) groups is 5. The molecule has 194 valence electrons. The van der Waals surface area contributed by atoms with Crippen molar-refractivity contribution < 1.29 is 34.2 Å². The number of unbranched alkanes of at least 4 members (excludes halogenated alkanes) is 1. The highest BCUT2D eigenvalue weighted by Crippen LogP contribution is 2.06. The first-order valence-electron chi connectivity index (χ1n) is 10.8. The summed E-state index contributed by atoms with van der Waals surface area (Å²) in [5, 5.41) is 25.2. The number of hydrogen-bond donors (Lipinski definition) is 9. The van der Waals surface area contributed by atoms with E-state index in [1.807, 2.05) is 0 Å². The summed E-state index contributed by atoms with van der Waals surface area (Å²) in [6.07, 6.45) is 0.703.